The first-order valence-electron chi connectivity index (χ1n) is 6.45. The van der Waals surface area contributed by atoms with Crippen LogP contribution in [0.4, 0.5) is 5.69 Å². The number of aryl methyl sites for hydroxylation is 1. The molecule has 0 fully saturated rings. The van der Waals surface area contributed by atoms with Crippen LogP contribution in [0.1, 0.15) is 11.1 Å². The van der Waals surface area contributed by atoms with Gasteiger partial charge < -0.3 is 10.1 Å². The van der Waals surface area contributed by atoms with Crippen LogP contribution in [0.3, 0.4) is 0 Å². The lowest BCUT2D eigenvalue weighted by atomic mass is 10.1. The van der Waals surface area contributed by atoms with Crippen molar-refractivity contribution in [3.63, 3.8) is 0 Å². The monoisotopic (exact) mass is 287 g/mol. The molecule has 3 rings (SSSR count). The zero-order valence-corrected chi connectivity index (χ0v) is 11.8. The van der Waals surface area contributed by atoms with Gasteiger partial charge in [0, 0.05) is 17.1 Å². The van der Waals surface area contributed by atoms with Crippen molar-refractivity contribution in [3.05, 3.63) is 58.6 Å². The standard InChI is InChI=1S/C16H14ClNO2/c1-10-6-7-12(17)9-13(10)18-16(19)15-8-11-4-2-3-5-14(11)20-15/h2-7,9,15H,8H2,1H3,(H,18,19). The van der Waals surface area contributed by atoms with Crippen LogP contribution >= 0.6 is 11.6 Å². The average Bonchev–Trinajstić information content (AvgIpc) is 2.87. The van der Waals surface area contributed by atoms with Crippen LogP contribution < -0.4 is 10.1 Å². The summed E-state index contributed by atoms with van der Waals surface area (Å²) in [5.41, 5.74) is 2.76. The van der Waals surface area contributed by atoms with Crippen LogP contribution in [0.25, 0.3) is 0 Å². The third-order valence-electron chi connectivity index (χ3n) is 3.40. The van der Waals surface area contributed by atoms with Gasteiger partial charge in [0.1, 0.15) is 5.75 Å². The van der Waals surface area contributed by atoms with Gasteiger partial charge in [-0.3, -0.25) is 4.79 Å². The lowest BCUT2D eigenvalue weighted by molar-refractivity contribution is -0.122. The summed E-state index contributed by atoms with van der Waals surface area (Å²) in [6, 6.07) is 13.1. The molecule has 2 aromatic rings. The SMILES string of the molecule is Cc1ccc(Cl)cc1NC(=O)C1Cc2ccccc2O1. The molecule has 20 heavy (non-hydrogen) atoms. The highest BCUT2D eigenvalue weighted by atomic mass is 35.5. The van der Waals surface area contributed by atoms with Gasteiger partial charge in [0.25, 0.3) is 5.91 Å². The maximum absolute atomic E-state index is 12.3. The summed E-state index contributed by atoms with van der Waals surface area (Å²) in [6.45, 7) is 1.93. The minimum absolute atomic E-state index is 0.147. The fourth-order valence-corrected chi connectivity index (χ4v) is 2.44. The maximum Gasteiger partial charge on any atom is 0.265 e. The van der Waals surface area contributed by atoms with Gasteiger partial charge in [-0.1, -0.05) is 35.9 Å². The van der Waals surface area contributed by atoms with E-state index in [2.05, 4.69) is 5.32 Å². The number of amides is 1. The quantitative estimate of drug-likeness (QED) is 0.917. The lowest BCUT2D eigenvalue weighted by Crippen LogP contribution is -2.31. The van der Waals surface area contributed by atoms with Crippen molar-refractivity contribution < 1.29 is 9.53 Å². The minimum atomic E-state index is -0.481. The maximum atomic E-state index is 12.3. The molecule has 2 aromatic carbocycles. The number of fused-ring (bicyclic) bond motifs is 1. The van der Waals surface area contributed by atoms with Gasteiger partial charge >= 0.3 is 0 Å². The van der Waals surface area contributed by atoms with E-state index in [1.165, 1.54) is 0 Å². The summed E-state index contributed by atoms with van der Waals surface area (Å²) < 4.78 is 5.67. The van der Waals surface area contributed by atoms with Crippen LogP contribution in [0.15, 0.2) is 42.5 Å². The van der Waals surface area contributed by atoms with Gasteiger partial charge in [0.2, 0.25) is 0 Å². The summed E-state index contributed by atoms with van der Waals surface area (Å²) in [6.07, 6.45) is 0.118. The highest BCUT2D eigenvalue weighted by molar-refractivity contribution is 6.31. The second-order valence-electron chi connectivity index (χ2n) is 4.87. The van der Waals surface area contributed by atoms with E-state index in [1.807, 2.05) is 37.3 Å². The Morgan fingerprint density at radius 3 is 2.90 bits per heavy atom. The van der Waals surface area contributed by atoms with Crippen LogP contribution in [-0.4, -0.2) is 12.0 Å². The van der Waals surface area contributed by atoms with Crippen LogP contribution in [0.5, 0.6) is 5.75 Å². The van der Waals surface area contributed by atoms with Crippen LogP contribution in [-0.2, 0) is 11.2 Å². The summed E-state index contributed by atoms with van der Waals surface area (Å²) >= 11 is 5.95. The molecule has 4 heteroatoms. The van der Waals surface area contributed by atoms with Crippen molar-refractivity contribution >= 4 is 23.2 Å². The zero-order valence-electron chi connectivity index (χ0n) is 11.0. The lowest BCUT2D eigenvalue weighted by Gasteiger charge is -2.13. The van der Waals surface area contributed by atoms with E-state index < -0.39 is 6.10 Å². The third kappa shape index (κ3) is 2.49. The molecule has 1 amide bonds. The van der Waals surface area contributed by atoms with E-state index >= 15 is 0 Å². The third-order valence-corrected chi connectivity index (χ3v) is 3.63. The predicted molar refractivity (Wildman–Crippen MR) is 79.4 cm³/mol. The molecule has 1 atom stereocenters. The van der Waals surface area contributed by atoms with E-state index in [-0.39, 0.29) is 5.91 Å². The van der Waals surface area contributed by atoms with E-state index in [9.17, 15) is 4.79 Å². The van der Waals surface area contributed by atoms with E-state index in [0.717, 1.165) is 22.6 Å². The Balaban J connectivity index is 1.74. The number of carbonyl (C=O) groups is 1. The van der Waals surface area contributed by atoms with Gasteiger partial charge in [-0.2, -0.15) is 0 Å². The minimum Gasteiger partial charge on any atom is -0.480 e. The largest absolute Gasteiger partial charge is 0.480 e. The number of para-hydroxylation sites is 1. The predicted octanol–water partition coefficient (Wildman–Crippen LogP) is 3.59. The van der Waals surface area contributed by atoms with E-state index in [0.29, 0.717) is 11.4 Å². The molecule has 3 nitrogen and oxygen atoms in total. The summed E-state index contributed by atoms with van der Waals surface area (Å²) in [5, 5.41) is 3.48. The second kappa shape index (κ2) is 5.17. The molecule has 0 spiro atoms. The second-order valence-corrected chi connectivity index (χ2v) is 5.30. The van der Waals surface area contributed by atoms with Crippen molar-refractivity contribution in [1.29, 1.82) is 0 Å². The van der Waals surface area contributed by atoms with Crippen molar-refractivity contribution in [1.82, 2.24) is 0 Å². The van der Waals surface area contributed by atoms with Crippen LogP contribution in [0, 0.1) is 6.92 Å². The first-order valence-corrected chi connectivity index (χ1v) is 6.83. The number of hydrogen-bond acceptors (Lipinski definition) is 2. The molecule has 0 saturated heterocycles. The molecule has 1 aliphatic heterocycles. The van der Waals surface area contributed by atoms with Crippen LogP contribution in [0.2, 0.25) is 5.02 Å². The number of rotatable bonds is 2. The molecule has 0 saturated carbocycles. The Bertz CT molecular complexity index is 644. The molecule has 0 bridgehead atoms. The summed E-state index contributed by atoms with van der Waals surface area (Å²) in [7, 11) is 0. The highest BCUT2D eigenvalue weighted by Crippen LogP contribution is 2.29. The molecule has 1 heterocycles. The molecule has 0 aromatic heterocycles. The molecule has 1 unspecified atom stereocenters. The van der Waals surface area contributed by atoms with Crippen molar-refractivity contribution in [2.24, 2.45) is 0 Å². The number of halogens is 1. The smallest absolute Gasteiger partial charge is 0.265 e. The topological polar surface area (TPSA) is 38.3 Å². The van der Waals surface area contributed by atoms with Gasteiger partial charge in [-0.05, 0) is 36.2 Å². The Morgan fingerprint density at radius 2 is 2.10 bits per heavy atom. The van der Waals surface area contributed by atoms with E-state index in [4.69, 9.17) is 16.3 Å². The molecular formula is C16H14ClNO2. The highest BCUT2D eigenvalue weighted by Gasteiger charge is 2.28. The van der Waals surface area contributed by atoms with Crippen molar-refractivity contribution in [2.45, 2.75) is 19.4 Å². The van der Waals surface area contributed by atoms with Gasteiger partial charge in [-0.15, -0.1) is 0 Å². The molecule has 102 valence electrons. The first-order chi connectivity index (χ1) is 9.63. The normalized spacial score (nSPS) is 16.4. The van der Waals surface area contributed by atoms with Crippen molar-refractivity contribution in [2.75, 3.05) is 5.32 Å². The number of nitrogens with one attached hydrogen (secondary N) is 1. The molecule has 0 aliphatic carbocycles. The van der Waals surface area contributed by atoms with Gasteiger partial charge in [0.05, 0.1) is 0 Å². The molecular weight excluding hydrogens is 274 g/mol. The Kier molecular flexibility index (Phi) is 3.36. The number of benzene rings is 2. The van der Waals surface area contributed by atoms with E-state index in [1.54, 1.807) is 12.1 Å². The Hall–Kier alpha value is -2.00. The fourth-order valence-electron chi connectivity index (χ4n) is 2.27. The number of carbonyl (C=O) groups excluding carboxylic acids is 1. The zero-order chi connectivity index (χ0) is 14.1. The Labute approximate surface area is 122 Å². The number of hydrogen-bond donors (Lipinski definition) is 1. The molecule has 0 radical (unpaired) electrons. The summed E-state index contributed by atoms with van der Waals surface area (Å²) in [5.74, 6) is 0.641. The number of anilines is 1. The van der Waals surface area contributed by atoms with Crippen molar-refractivity contribution in [3.8, 4) is 5.75 Å². The van der Waals surface area contributed by atoms with Gasteiger partial charge in [0.15, 0.2) is 6.10 Å². The summed E-state index contributed by atoms with van der Waals surface area (Å²) in [4.78, 5) is 12.3. The Morgan fingerprint density at radius 1 is 1.30 bits per heavy atom. The fraction of sp³-hybridized carbons (Fsp3) is 0.188. The molecule has 1 N–H and O–H groups in total. The molecule has 1 aliphatic rings. The average molecular weight is 288 g/mol. The first kappa shape index (κ1) is 13.0. The number of ether oxygens (including phenoxy) is 1. The van der Waals surface area contributed by atoms with Gasteiger partial charge in [-0.25, -0.2) is 0 Å².